The Labute approximate surface area is 238 Å². The Morgan fingerprint density at radius 2 is 1.57 bits per heavy atom. The Hall–Kier alpha value is -3.48. The number of aryl methyl sites for hydroxylation is 1. The normalized spacial score (nSPS) is 14.8. The lowest BCUT2D eigenvalue weighted by Crippen LogP contribution is -2.16. The average Bonchev–Trinajstić information content (AvgIpc) is 2.96. The number of hydrogen-bond acceptors (Lipinski definition) is 6. The van der Waals surface area contributed by atoms with Gasteiger partial charge in [0.1, 0.15) is 5.75 Å². The minimum Gasteiger partial charge on any atom is -0.462 e. The first-order valence-electron chi connectivity index (χ1n) is 14.0. The molecule has 0 aromatic heterocycles. The average molecular weight is 547 g/mol. The van der Waals surface area contributed by atoms with Crippen LogP contribution in [0.5, 0.6) is 5.75 Å². The number of methoxy groups -OCH3 is 2. The summed E-state index contributed by atoms with van der Waals surface area (Å²) in [5, 5.41) is 0. The van der Waals surface area contributed by atoms with Gasteiger partial charge in [0.25, 0.3) is 0 Å². The van der Waals surface area contributed by atoms with E-state index in [4.69, 9.17) is 18.9 Å². The Balaban J connectivity index is 1.72. The molecule has 0 N–H and O–H groups in total. The highest BCUT2D eigenvalue weighted by Gasteiger charge is 2.22. The van der Waals surface area contributed by atoms with Crippen molar-refractivity contribution >= 4 is 11.9 Å². The van der Waals surface area contributed by atoms with Crippen LogP contribution in [-0.2, 0) is 30.2 Å². The number of hydrogen-bond donors (Lipinski definition) is 0. The van der Waals surface area contributed by atoms with E-state index in [1.54, 1.807) is 0 Å². The molecule has 0 saturated heterocycles. The molecule has 1 atom stereocenters. The van der Waals surface area contributed by atoms with Crippen LogP contribution in [0, 0.1) is 0 Å². The number of benzene rings is 2. The van der Waals surface area contributed by atoms with Crippen molar-refractivity contribution in [3.8, 4) is 16.9 Å². The van der Waals surface area contributed by atoms with Gasteiger partial charge in [0.2, 0.25) is 0 Å². The van der Waals surface area contributed by atoms with Gasteiger partial charge in [-0.1, -0.05) is 68.5 Å². The van der Waals surface area contributed by atoms with Crippen molar-refractivity contribution in [1.82, 2.24) is 0 Å². The van der Waals surface area contributed by atoms with Gasteiger partial charge >= 0.3 is 11.9 Å². The first kappa shape index (κ1) is 31.1. The highest BCUT2D eigenvalue weighted by atomic mass is 16.5. The predicted molar refractivity (Wildman–Crippen MR) is 158 cm³/mol. The summed E-state index contributed by atoms with van der Waals surface area (Å²) in [5.41, 5.74) is 6.50. The number of allylic oxidation sites excluding steroid dienone is 2. The first-order valence-corrected chi connectivity index (χ1v) is 14.0. The van der Waals surface area contributed by atoms with Gasteiger partial charge < -0.3 is 18.9 Å². The van der Waals surface area contributed by atoms with Crippen molar-refractivity contribution < 1.29 is 28.5 Å². The molecule has 2 aromatic carbocycles. The lowest BCUT2D eigenvalue weighted by molar-refractivity contribution is -0.139. The van der Waals surface area contributed by atoms with Crippen LogP contribution in [-0.4, -0.2) is 46.0 Å². The van der Waals surface area contributed by atoms with Crippen LogP contribution in [0.15, 0.2) is 78.4 Å². The van der Waals surface area contributed by atoms with Crippen LogP contribution in [0.4, 0.5) is 0 Å². The van der Waals surface area contributed by atoms with Crippen molar-refractivity contribution in [2.24, 2.45) is 0 Å². The van der Waals surface area contributed by atoms with Crippen LogP contribution in [0.25, 0.3) is 11.1 Å². The highest BCUT2D eigenvalue weighted by Crippen LogP contribution is 2.40. The van der Waals surface area contributed by atoms with Crippen LogP contribution in [0.1, 0.15) is 62.5 Å². The first-order chi connectivity index (χ1) is 19.4. The quantitative estimate of drug-likeness (QED) is 0.0778. The summed E-state index contributed by atoms with van der Waals surface area (Å²) in [6.07, 6.45) is 9.21. The van der Waals surface area contributed by atoms with Gasteiger partial charge in [-0.05, 0) is 78.8 Å². The van der Waals surface area contributed by atoms with Crippen LogP contribution in [0.3, 0.4) is 0 Å². The maximum Gasteiger partial charge on any atom is 0.341 e. The number of ether oxygens (including phenoxy) is 4. The standard InChI is InChI=1S/C34H42O6/c1-6-8-26-12-16-29(17-13-26)31-21-30(18-19-32(31)40-34(36)25(3)23-38-5)28-14-10-27(11-15-28)9-7-20-39-33(35)24(2)22-37-4/h10-12,14-15,18-19,21,29H,2-3,6-9,13,16-17,20,22-23H2,1,4-5H3. The van der Waals surface area contributed by atoms with Crippen molar-refractivity contribution in [3.05, 3.63) is 89.5 Å². The summed E-state index contributed by atoms with van der Waals surface area (Å²) < 4.78 is 21.0. The van der Waals surface area contributed by atoms with Crippen LogP contribution in [0.2, 0.25) is 0 Å². The predicted octanol–water partition coefficient (Wildman–Crippen LogP) is 7.13. The molecule has 0 bridgehead atoms. The Bertz CT molecular complexity index is 1210. The van der Waals surface area contributed by atoms with E-state index < -0.39 is 11.9 Å². The second-order valence-corrected chi connectivity index (χ2v) is 10.2. The molecule has 0 fully saturated rings. The minimum absolute atomic E-state index is 0.136. The zero-order valence-electron chi connectivity index (χ0n) is 24.1. The summed E-state index contributed by atoms with van der Waals surface area (Å²) in [7, 11) is 3.05. The van der Waals surface area contributed by atoms with Gasteiger partial charge in [0.15, 0.2) is 0 Å². The van der Waals surface area contributed by atoms with Crippen molar-refractivity contribution in [1.29, 1.82) is 0 Å². The summed E-state index contributed by atoms with van der Waals surface area (Å²) in [6.45, 7) is 10.3. The molecule has 3 rings (SSSR count). The molecule has 0 aliphatic heterocycles. The molecule has 2 aromatic rings. The van der Waals surface area contributed by atoms with Crippen molar-refractivity contribution in [3.63, 3.8) is 0 Å². The number of esters is 2. The molecule has 40 heavy (non-hydrogen) atoms. The molecular formula is C34H42O6. The topological polar surface area (TPSA) is 71.1 Å². The van der Waals surface area contributed by atoms with E-state index in [0.29, 0.717) is 17.9 Å². The monoisotopic (exact) mass is 546 g/mol. The third kappa shape index (κ3) is 9.04. The smallest absolute Gasteiger partial charge is 0.341 e. The van der Waals surface area contributed by atoms with Crippen LogP contribution < -0.4 is 4.74 Å². The molecule has 6 nitrogen and oxygen atoms in total. The number of carbonyl (C=O) groups excluding carboxylic acids is 2. The van der Waals surface area contributed by atoms with Crippen molar-refractivity contribution in [2.75, 3.05) is 34.0 Å². The van der Waals surface area contributed by atoms with Gasteiger partial charge in [0, 0.05) is 14.2 Å². The zero-order chi connectivity index (χ0) is 28.9. The third-order valence-electron chi connectivity index (χ3n) is 7.07. The molecule has 0 amide bonds. The fourth-order valence-corrected chi connectivity index (χ4v) is 4.90. The summed E-state index contributed by atoms with van der Waals surface area (Å²) in [6, 6.07) is 14.5. The van der Waals surface area contributed by atoms with E-state index in [2.05, 4.69) is 56.5 Å². The molecule has 1 unspecified atom stereocenters. The molecule has 214 valence electrons. The van der Waals surface area contributed by atoms with E-state index in [1.807, 2.05) is 12.1 Å². The molecule has 0 radical (unpaired) electrons. The van der Waals surface area contributed by atoms with Gasteiger partial charge in [-0.15, -0.1) is 0 Å². The molecule has 0 heterocycles. The Morgan fingerprint density at radius 1 is 0.900 bits per heavy atom. The van der Waals surface area contributed by atoms with E-state index in [-0.39, 0.29) is 24.7 Å². The second kappa shape index (κ2) is 15.9. The molecular weight excluding hydrogens is 504 g/mol. The molecule has 1 aliphatic carbocycles. The zero-order valence-corrected chi connectivity index (χ0v) is 24.1. The second-order valence-electron chi connectivity index (χ2n) is 10.2. The summed E-state index contributed by atoms with van der Waals surface area (Å²) in [4.78, 5) is 24.5. The maximum absolute atomic E-state index is 12.6. The Morgan fingerprint density at radius 3 is 2.20 bits per heavy atom. The number of rotatable bonds is 15. The Kier molecular flexibility index (Phi) is 12.4. The van der Waals surface area contributed by atoms with E-state index in [9.17, 15) is 9.59 Å². The highest BCUT2D eigenvalue weighted by molar-refractivity contribution is 5.90. The molecule has 0 spiro atoms. The van der Waals surface area contributed by atoms with E-state index >= 15 is 0 Å². The largest absolute Gasteiger partial charge is 0.462 e. The molecule has 6 heteroatoms. The van der Waals surface area contributed by atoms with Gasteiger partial charge in [-0.3, -0.25) is 0 Å². The SMILES string of the molecule is C=C(COC)C(=O)OCCCc1ccc(-c2ccc(OC(=O)C(=C)COC)c(C3CC=C(CCC)CC3)c2)cc1. The van der Waals surface area contributed by atoms with Gasteiger partial charge in [-0.25, -0.2) is 9.59 Å². The fourth-order valence-electron chi connectivity index (χ4n) is 4.90. The summed E-state index contributed by atoms with van der Waals surface area (Å²) in [5.74, 6) is -0.0178. The van der Waals surface area contributed by atoms with Crippen molar-refractivity contribution in [2.45, 2.75) is 57.8 Å². The molecule has 1 aliphatic rings. The minimum atomic E-state index is -0.466. The lowest BCUT2D eigenvalue weighted by Gasteiger charge is -2.25. The fraction of sp³-hybridized carbons (Fsp3) is 0.412. The maximum atomic E-state index is 12.6. The van der Waals surface area contributed by atoms with E-state index in [0.717, 1.165) is 61.6 Å². The molecule has 0 saturated carbocycles. The van der Waals surface area contributed by atoms with Crippen LogP contribution >= 0.6 is 0 Å². The van der Waals surface area contributed by atoms with E-state index in [1.165, 1.54) is 25.4 Å². The van der Waals surface area contributed by atoms with Gasteiger partial charge in [0.05, 0.1) is 31.0 Å². The van der Waals surface area contributed by atoms with Gasteiger partial charge in [-0.2, -0.15) is 0 Å². The number of carbonyl (C=O) groups is 2. The summed E-state index contributed by atoms with van der Waals surface area (Å²) >= 11 is 0. The lowest BCUT2D eigenvalue weighted by atomic mass is 9.82. The third-order valence-corrected chi connectivity index (χ3v) is 7.07.